The standard InChI is InChI=1S/C10H13O3P/c1-2-3-4-9-5-7-10(8-6-9)14(11,12)13/h5,7-9H,2,6H2,1H3,(H2,11,12,13). The lowest BCUT2D eigenvalue weighted by molar-refractivity contribution is 0.383. The van der Waals surface area contributed by atoms with Gasteiger partial charge in [0.1, 0.15) is 0 Å². The molecule has 14 heavy (non-hydrogen) atoms. The molecular formula is C10H13O3P. The highest BCUT2D eigenvalue weighted by atomic mass is 31.2. The van der Waals surface area contributed by atoms with E-state index in [9.17, 15) is 4.57 Å². The van der Waals surface area contributed by atoms with Crippen molar-refractivity contribution in [1.82, 2.24) is 0 Å². The molecular weight excluding hydrogens is 199 g/mol. The molecule has 0 radical (unpaired) electrons. The summed E-state index contributed by atoms with van der Waals surface area (Å²) in [5.41, 5.74) is 0. The lowest BCUT2D eigenvalue weighted by Crippen LogP contribution is -1.97. The predicted molar refractivity (Wildman–Crippen MR) is 55.4 cm³/mol. The monoisotopic (exact) mass is 212 g/mol. The second-order valence-electron chi connectivity index (χ2n) is 3.05. The van der Waals surface area contributed by atoms with Crippen molar-refractivity contribution in [3.8, 4) is 11.8 Å². The van der Waals surface area contributed by atoms with Gasteiger partial charge in [-0.25, -0.2) is 0 Å². The van der Waals surface area contributed by atoms with Crippen LogP contribution < -0.4 is 0 Å². The van der Waals surface area contributed by atoms with Gasteiger partial charge < -0.3 is 9.79 Å². The Kier molecular flexibility index (Phi) is 3.71. The maximum atomic E-state index is 10.8. The van der Waals surface area contributed by atoms with E-state index in [1.165, 1.54) is 6.08 Å². The summed E-state index contributed by atoms with van der Waals surface area (Å²) in [6, 6.07) is 0. The fourth-order valence-corrected chi connectivity index (χ4v) is 1.79. The van der Waals surface area contributed by atoms with Gasteiger partial charge in [-0.1, -0.05) is 25.0 Å². The van der Waals surface area contributed by atoms with Crippen molar-refractivity contribution >= 4 is 7.60 Å². The molecule has 0 aromatic rings. The Hall–Kier alpha value is -0.810. The van der Waals surface area contributed by atoms with E-state index in [1.807, 2.05) is 6.92 Å². The van der Waals surface area contributed by atoms with Crippen molar-refractivity contribution < 1.29 is 14.4 Å². The van der Waals surface area contributed by atoms with Crippen LogP contribution in [0.5, 0.6) is 0 Å². The summed E-state index contributed by atoms with van der Waals surface area (Å²) in [5, 5.41) is 0.104. The SMILES string of the molecule is CCC#CC1C=CC(P(=O)(O)O)=CC1. The summed E-state index contributed by atoms with van der Waals surface area (Å²) in [6.07, 6.45) is 6.18. The van der Waals surface area contributed by atoms with Crippen LogP contribution in [0.3, 0.4) is 0 Å². The second kappa shape index (κ2) is 4.61. The van der Waals surface area contributed by atoms with Gasteiger partial charge in [-0.3, -0.25) is 4.57 Å². The molecule has 1 aliphatic carbocycles. The number of hydrogen-bond donors (Lipinski definition) is 2. The first-order chi connectivity index (χ1) is 6.54. The summed E-state index contributed by atoms with van der Waals surface area (Å²) in [7, 11) is -4.07. The Labute approximate surface area is 83.7 Å². The van der Waals surface area contributed by atoms with Crippen LogP contribution in [0, 0.1) is 17.8 Å². The van der Waals surface area contributed by atoms with Crippen molar-refractivity contribution in [3.05, 3.63) is 23.5 Å². The van der Waals surface area contributed by atoms with Crippen molar-refractivity contribution in [1.29, 1.82) is 0 Å². The Morgan fingerprint density at radius 1 is 1.64 bits per heavy atom. The van der Waals surface area contributed by atoms with Gasteiger partial charge in [0.2, 0.25) is 0 Å². The molecule has 1 atom stereocenters. The first-order valence-electron chi connectivity index (χ1n) is 4.47. The normalized spacial score (nSPS) is 21.1. The second-order valence-corrected chi connectivity index (χ2v) is 4.65. The van der Waals surface area contributed by atoms with Gasteiger partial charge in [-0.2, -0.15) is 0 Å². The van der Waals surface area contributed by atoms with Crippen LogP contribution >= 0.6 is 7.60 Å². The molecule has 0 heterocycles. The molecule has 2 N–H and O–H groups in total. The molecule has 0 bridgehead atoms. The molecule has 0 fully saturated rings. The Morgan fingerprint density at radius 3 is 2.79 bits per heavy atom. The first-order valence-corrected chi connectivity index (χ1v) is 6.08. The van der Waals surface area contributed by atoms with Crippen LogP contribution in [-0.4, -0.2) is 9.79 Å². The highest BCUT2D eigenvalue weighted by molar-refractivity contribution is 7.56. The zero-order chi connectivity index (χ0) is 10.6. The number of allylic oxidation sites excluding steroid dienone is 4. The van der Waals surface area contributed by atoms with Gasteiger partial charge >= 0.3 is 7.60 Å². The van der Waals surface area contributed by atoms with E-state index in [1.54, 1.807) is 12.2 Å². The molecule has 1 rings (SSSR count). The van der Waals surface area contributed by atoms with Crippen molar-refractivity contribution in [2.24, 2.45) is 5.92 Å². The summed E-state index contributed by atoms with van der Waals surface area (Å²) in [6.45, 7) is 1.97. The van der Waals surface area contributed by atoms with E-state index in [2.05, 4.69) is 11.8 Å². The van der Waals surface area contributed by atoms with Crippen molar-refractivity contribution in [2.75, 3.05) is 0 Å². The minimum Gasteiger partial charge on any atom is -0.321 e. The maximum Gasteiger partial charge on any atom is 0.355 e. The maximum absolute atomic E-state index is 10.8. The zero-order valence-electron chi connectivity index (χ0n) is 7.97. The van der Waals surface area contributed by atoms with Crippen LogP contribution in [0.2, 0.25) is 0 Å². The Balaban J connectivity index is 2.67. The molecule has 4 heteroatoms. The molecule has 0 saturated heterocycles. The number of hydrogen-bond acceptors (Lipinski definition) is 1. The fraction of sp³-hybridized carbons (Fsp3) is 0.400. The smallest absolute Gasteiger partial charge is 0.321 e. The first kappa shape index (κ1) is 11.3. The van der Waals surface area contributed by atoms with Gasteiger partial charge in [0.15, 0.2) is 0 Å². The molecule has 0 aromatic carbocycles. The molecule has 3 nitrogen and oxygen atoms in total. The average molecular weight is 212 g/mol. The third kappa shape index (κ3) is 3.16. The minimum absolute atomic E-state index is 0.102. The highest BCUT2D eigenvalue weighted by Crippen LogP contribution is 2.47. The third-order valence-electron chi connectivity index (χ3n) is 1.88. The summed E-state index contributed by atoms with van der Waals surface area (Å²) >= 11 is 0. The Bertz CT molecular complexity index is 365. The van der Waals surface area contributed by atoms with Gasteiger partial charge in [0, 0.05) is 12.3 Å². The average Bonchev–Trinajstić information content (AvgIpc) is 2.14. The lowest BCUT2D eigenvalue weighted by Gasteiger charge is -2.11. The molecule has 0 aliphatic heterocycles. The quantitative estimate of drug-likeness (QED) is 0.516. The third-order valence-corrected chi connectivity index (χ3v) is 2.89. The van der Waals surface area contributed by atoms with E-state index >= 15 is 0 Å². The molecule has 76 valence electrons. The number of rotatable bonds is 1. The van der Waals surface area contributed by atoms with E-state index in [4.69, 9.17) is 9.79 Å². The van der Waals surface area contributed by atoms with Crippen LogP contribution in [0.15, 0.2) is 23.5 Å². The van der Waals surface area contributed by atoms with Gasteiger partial charge in [-0.05, 0) is 12.5 Å². The molecule has 1 unspecified atom stereocenters. The van der Waals surface area contributed by atoms with Gasteiger partial charge in [-0.15, -0.1) is 5.92 Å². The predicted octanol–water partition coefficient (Wildman–Crippen LogP) is 2.04. The van der Waals surface area contributed by atoms with Gasteiger partial charge in [0.25, 0.3) is 0 Å². The summed E-state index contributed by atoms with van der Waals surface area (Å²) in [4.78, 5) is 17.7. The van der Waals surface area contributed by atoms with Crippen LogP contribution in [0.1, 0.15) is 19.8 Å². The molecule has 0 spiro atoms. The molecule has 0 aromatic heterocycles. The summed E-state index contributed by atoms with van der Waals surface area (Å²) < 4.78 is 10.8. The van der Waals surface area contributed by atoms with Crippen LogP contribution in [0.4, 0.5) is 0 Å². The molecule has 0 amide bonds. The molecule has 1 aliphatic rings. The topological polar surface area (TPSA) is 57.5 Å². The van der Waals surface area contributed by atoms with Crippen molar-refractivity contribution in [2.45, 2.75) is 19.8 Å². The van der Waals surface area contributed by atoms with Crippen molar-refractivity contribution in [3.63, 3.8) is 0 Å². The fourth-order valence-electron chi connectivity index (χ4n) is 1.17. The van der Waals surface area contributed by atoms with E-state index in [0.717, 1.165) is 6.42 Å². The van der Waals surface area contributed by atoms with Crippen LogP contribution in [0.25, 0.3) is 0 Å². The minimum atomic E-state index is -4.07. The largest absolute Gasteiger partial charge is 0.355 e. The van der Waals surface area contributed by atoms with Crippen LogP contribution in [-0.2, 0) is 4.57 Å². The summed E-state index contributed by atoms with van der Waals surface area (Å²) in [5.74, 6) is 6.06. The van der Waals surface area contributed by atoms with E-state index in [-0.39, 0.29) is 11.2 Å². The van der Waals surface area contributed by atoms with Gasteiger partial charge in [0.05, 0.1) is 5.31 Å². The molecule has 0 saturated carbocycles. The lowest BCUT2D eigenvalue weighted by atomic mass is 10.0. The van der Waals surface area contributed by atoms with E-state index in [0.29, 0.717) is 6.42 Å². The van der Waals surface area contributed by atoms with E-state index < -0.39 is 7.60 Å². The Morgan fingerprint density at radius 2 is 2.36 bits per heavy atom. The zero-order valence-corrected chi connectivity index (χ0v) is 8.87. The highest BCUT2D eigenvalue weighted by Gasteiger charge is 2.20.